The molecule has 1 aliphatic rings. The molecule has 1 heterocycles. The summed E-state index contributed by atoms with van der Waals surface area (Å²) >= 11 is 0. The lowest BCUT2D eigenvalue weighted by atomic mass is 10.0. The zero-order valence-corrected chi connectivity index (χ0v) is 8.14. The van der Waals surface area contributed by atoms with Crippen LogP contribution in [0.15, 0.2) is 0 Å². The minimum Gasteiger partial charge on any atom is -0.303 e. The standard InChI is InChI=1S/C10H21N.CH4/c1-9(2)6-7-10-5-4-8-11(10)3;/h9-10H,4-8H2,1-3H3;1H4. The second-order valence-corrected chi connectivity index (χ2v) is 4.25. The van der Waals surface area contributed by atoms with Gasteiger partial charge in [-0.25, -0.2) is 0 Å². The molecular formula is C11H25N. The van der Waals surface area contributed by atoms with E-state index in [-0.39, 0.29) is 7.43 Å². The lowest BCUT2D eigenvalue weighted by Gasteiger charge is -2.19. The third kappa shape index (κ3) is 3.57. The van der Waals surface area contributed by atoms with Gasteiger partial charge in [0, 0.05) is 6.04 Å². The van der Waals surface area contributed by atoms with Crippen LogP contribution in [-0.4, -0.2) is 24.5 Å². The zero-order chi connectivity index (χ0) is 8.27. The molecule has 12 heavy (non-hydrogen) atoms. The normalized spacial score (nSPS) is 24.5. The van der Waals surface area contributed by atoms with E-state index < -0.39 is 0 Å². The summed E-state index contributed by atoms with van der Waals surface area (Å²) < 4.78 is 0. The van der Waals surface area contributed by atoms with Gasteiger partial charge >= 0.3 is 0 Å². The van der Waals surface area contributed by atoms with E-state index in [9.17, 15) is 0 Å². The second-order valence-electron chi connectivity index (χ2n) is 4.25. The first-order chi connectivity index (χ1) is 5.20. The van der Waals surface area contributed by atoms with Crippen molar-refractivity contribution >= 4 is 0 Å². The molecule has 1 heteroatoms. The van der Waals surface area contributed by atoms with Crippen molar-refractivity contribution < 1.29 is 0 Å². The number of hydrogen-bond acceptors (Lipinski definition) is 1. The largest absolute Gasteiger partial charge is 0.303 e. The van der Waals surface area contributed by atoms with Crippen LogP contribution in [0.3, 0.4) is 0 Å². The van der Waals surface area contributed by atoms with Crippen molar-refractivity contribution in [3.63, 3.8) is 0 Å². The van der Waals surface area contributed by atoms with Crippen LogP contribution < -0.4 is 0 Å². The van der Waals surface area contributed by atoms with E-state index in [0.717, 1.165) is 12.0 Å². The first kappa shape index (κ1) is 12.0. The molecule has 1 saturated heterocycles. The van der Waals surface area contributed by atoms with Crippen LogP contribution in [0, 0.1) is 5.92 Å². The lowest BCUT2D eigenvalue weighted by Crippen LogP contribution is -2.24. The molecule has 0 spiro atoms. The molecule has 0 radical (unpaired) electrons. The Morgan fingerprint density at radius 3 is 2.50 bits per heavy atom. The first-order valence-electron chi connectivity index (χ1n) is 4.90. The third-order valence-corrected chi connectivity index (χ3v) is 2.75. The van der Waals surface area contributed by atoms with Crippen molar-refractivity contribution in [3.8, 4) is 0 Å². The molecule has 74 valence electrons. The Morgan fingerprint density at radius 2 is 2.08 bits per heavy atom. The van der Waals surface area contributed by atoms with E-state index in [4.69, 9.17) is 0 Å². The molecule has 1 aliphatic heterocycles. The first-order valence-corrected chi connectivity index (χ1v) is 4.90. The van der Waals surface area contributed by atoms with Gasteiger partial charge in [0.2, 0.25) is 0 Å². The molecule has 1 fully saturated rings. The van der Waals surface area contributed by atoms with Gasteiger partial charge in [0.15, 0.2) is 0 Å². The Hall–Kier alpha value is -0.0400. The molecule has 1 nitrogen and oxygen atoms in total. The second kappa shape index (κ2) is 5.58. The van der Waals surface area contributed by atoms with Crippen molar-refractivity contribution in [1.82, 2.24) is 4.90 Å². The van der Waals surface area contributed by atoms with Crippen molar-refractivity contribution in [1.29, 1.82) is 0 Å². The van der Waals surface area contributed by atoms with Crippen LogP contribution in [0.2, 0.25) is 0 Å². The fourth-order valence-corrected chi connectivity index (χ4v) is 1.87. The molecule has 0 aliphatic carbocycles. The van der Waals surface area contributed by atoms with Gasteiger partial charge in [0.25, 0.3) is 0 Å². The molecule has 0 aromatic heterocycles. The highest BCUT2D eigenvalue weighted by Crippen LogP contribution is 2.20. The number of nitrogens with zero attached hydrogens (tertiary/aromatic N) is 1. The third-order valence-electron chi connectivity index (χ3n) is 2.75. The molecular weight excluding hydrogens is 146 g/mol. The molecule has 0 aromatic rings. The lowest BCUT2D eigenvalue weighted by molar-refractivity contribution is 0.282. The highest BCUT2D eigenvalue weighted by molar-refractivity contribution is 4.76. The highest BCUT2D eigenvalue weighted by Gasteiger charge is 2.19. The van der Waals surface area contributed by atoms with Crippen molar-refractivity contribution in [2.45, 2.75) is 53.0 Å². The van der Waals surface area contributed by atoms with E-state index in [1.54, 1.807) is 0 Å². The SMILES string of the molecule is C.CC(C)CCC1CCCN1C. The van der Waals surface area contributed by atoms with E-state index in [2.05, 4.69) is 25.8 Å². The smallest absolute Gasteiger partial charge is 0.00927 e. The van der Waals surface area contributed by atoms with Gasteiger partial charge in [0.05, 0.1) is 0 Å². The Morgan fingerprint density at radius 1 is 1.42 bits per heavy atom. The Labute approximate surface area is 78.1 Å². The Kier molecular flexibility index (Phi) is 5.56. The predicted octanol–water partition coefficient (Wildman–Crippen LogP) is 3.15. The summed E-state index contributed by atoms with van der Waals surface area (Å²) in [6.45, 7) is 5.95. The van der Waals surface area contributed by atoms with Crippen molar-refractivity contribution in [3.05, 3.63) is 0 Å². The molecule has 0 N–H and O–H groups in total. The number of hydrogen-bond donors (Lipinski definition) is 0. The molecule has 0 amide bonds. The van der Waals surface area contributed by atoms with Gasteiger partial charge in [-0.3, -0.25) is 0 Å². The summed E-state index contributed by atoms with van der Waals surface area (Å²) in [4.78, 5) is 2.52. The van der Waals surface area contributed by atoms with Crippen LogP contribution in [0.5, 0.6) is 0 Å². The van der Waals surface area contributed by atoms with E-state index in [0.29, 0.717) is 0 Å². The molecule has 0 aromatic carbocycles. The number of likely N-dealkylation sites (tertiary alicyclic amines) is 1. The van der Waals surface area contributed by atoms with Crippen LogP contribution in [0.25, 0.3) is 0 Å². The molecule has 1 unspecified atom stereocenters. The van der Waals surface area contributed by atoms with Crippen LogP contribution in [-0.2, 0) is 0 Å². The molecule has 0 saturated carbocycles. The van der Waals surface area contributed by atoms with E-state index in [1.165, 1.54) is 32.2 Å². The average Bonchev–Trinajstić information content (AvgIpc) is 2.31. The quantitative estimate of drug-likeness (QED) is 0.630. The zero-order valence-electron chi connectivity index (χ0n) is 8.14. The topological polar surface area (TPSA) is 3.24 Å². The summed E-state index contributed by atoms with van der Waals surface area (Å²) in [6.07, 6.45) is 5.66. The summed E-state index contributed by atoms with van der Waals surface area (Å²) in [7, 11) is 2.26. The minimum atomic E-state index is 0. The van der Waals surface area contributed by atoms with Crippen molar-refractivity contribution in [2.24, 2.45) is 5.92 Å². The van der Waals surface area contributed by atoms with E-state index in [1.807, 2.05) is 0 Å². The van der Waals surface area contributed by atoms with E-state index >= 15 is 0 Å². The minimum absolute atomic E-state index is 0. The summed E-state index contributed by atoms with van der Waals surface area (Å²) in [5, 5.41) is 0. The van der Waals surface area contributed by atoms with Gasteiger partial charge in [-0.05, 0) is 45.2 Å². The molecule has 0 bridgehead atoms. The van der Waals surface area contributed by atoms with Gasteiger partial charge in [-0.2, -0.15) is 0 Å². The van der Waals surface area contributed by atoms with Crippen LogP contribution in [0.1, 0.15) is 47.0 Å². The summed E-state index contributed by atoms with van der Waals surface area (Å²) in [5.41, 5.74) is 0. The Bertz CT molecular complexity index is 110. The average molecular weight is 171 g/mol. The number of rotatable bonds is 3. The van der Waals surface area contributed by atoms with Gasteiger partial charge in [-0.1, -0.05) is 21.3 Å². The Balaban J connectivity index is 0.00000121. The maximum absolute atomic E-state index is 2.52. The van der Waals surface area contributed by atoms with Crippen molar-refractivity contribution in [2.75, 3.05) is 13.6 Å². The highest BCUT2D eigenvalue weighted by atomic mass is 15.1. The summed E-state index contributed by atoms with van der Waals surface area (Å²) in [5.74, 6) is 0.879. The monoisotopic (exact) mass is 171 g/mol. The fraction of sp³-hybridized carbons (Fsp3) is 1.00. The van der Waals surface area contributed by atoms with Gasteiger partial charge in [0.1, 0.15) is 0 Å². The maximum atomic E-state index is 2.52. The maximum Gasteiger partial charge on any atom is 0.00927 e. The molecule has 1 atom stereocenters. The fourth-order valence-electron chi connectivity index (χ4n) is 1.87. The molecule has 1 rings (SSSR count). The predicted molar refractivity (Wildman–Crippen MR) is 56.5 cm³/mol. The van der Waals surface area contributed by atoms with Gasteiger partial charge < -0.3 is 4.90 Å². The van der Waals surface area contributed by atoms with Crippen LogP contribution >= 0.6 is 0 Å². The summed E-state index contributed by atoms with van der Waals surface area (Å²) in [6, 6.07) is 0.900. The van der Waals surface area contributed by atoms with Crippen LogP contribution in [0.4, 0.5) is 0 Å². The van der Waals surface area contributed by atoms with Gasteiger partial charge in [-0.15, -0.1) is 0 Å².